The van der Waals surface area contributed by atoms with Crippen LogP contribution in [0.4, 0.5) is 0 Å². The van der Waals surface area contributed by atoms with E-state index in [1.54, 1.807) is 20.8 Å². The van der Waals surface area contributed by atoms with Crippen LogP contribution in [0.1, 0.15) is 34.1 Å². The van der Waals surface area contributed by atoms with Gasteiger partial charge in [0.05, 0.1) is 7.11 Å². The molecule has 0 saturated heterocycles. The molecule has 4 heteroatoms. The summed E-state index contributed by atoms with van der Waals surface area (Å²) in [4.78, 5) is 34.0. The topological polar surface area (TPSA) is 60.4 Å². The van der Waals surface area contributed by atoms with E-state index < -0.39 is 17.3 Å². The van der Waals surface area contributed by atoms with E-state index in [1.807, 2.05) is 0 Å². The summed E-state index contributed by atoms with van der Waals surface area (Å²) in [6.07, 6.45) is -0.0779. The van der Waals surface area contributed by atoms with Crippen molar-refractivity contribution >= 4 is 17.5 Å². The van der Waals surface area contributed by atoms with Gasteiger partial charge >= 0.3 is 5.97 Å². The molecule has 0 saturated carbocycles. The maximum absolute atomic E-state index is 11.6. The molecule has 0 aromatic carbocycles. The molecule has 1 unspecified atom stereocenters. The van der Waals surface area contributed by atoms with Gasteiger partial charge in [-0.05, 0) is 6.92 Å². The number of rotatable bonds is 4. The fourth-order valence-electron chi connectivity index (χ4n) is 1.03. The lowest BCUT2D eigenvalue weighted by Crippen LogP contribution is -2.30. The molecule has 0 aromatic heterocycles. The predicted octanol–water partition coefficient (Wildman–Crippen LogP) is 1.37. The first-order valence-corrected chi connectivity index (χ1v) is 4.81. The third-order valence-electron chi connectivity index (χ3n) is 2.20. The van der Waals surface area contributed by atoms with Crippen molar-refractivity contribution in [2.45, 2.75) is 34.1 Å². The van der Waals surface area contributed by atoms with E-state index in [9.17, 15) is 14.4 Å². The summed E-state index contributed by atoms with van der Waals surface area (Å²) in [5.41, 5.74) is -0.540. The first-order chi connectivity index (χ1) is 6.70. The Morgan fingerprint density at radius 2 is 1.67 bits per heavy atom. The Kier molecular flexibility index (Phi) is 4.65. The second kappa shape index (κ2) is 5.05. The second-order valence-corrected chi connectivity index (χ2v) is 4.56. The van der Waals surface area contributed by atoms with E-state index in [4.69, 9.17) is 0 Å². The van der Waals surface area contributed by atoms with Gasteiger partial charge in [0.15, 0.2) is 0 Å². The minimum absolute atomic E-state index is 0.0779. The van der Waals surface area contributed by atoms with Crippen LogP contribution < -0.4 is 0 Å². The third-order valence-corrected chi connectivity index (χ3v) is 2.20. The molecule has 0 aliphatic carbocycles. The number of carbonyl (C=O) groups excluding carboxylic acids is 3. The molecular formula is C11H18O4. The molecule has 0 N–H and O–H groups in total. The van der Waals surface area contributed by atoms with E-state index >= 15 is 0 Å². The average molecular weight is 214 g/mol. The lowest BCUT2D eigenvalue weighted by Gasteiger charge is -2.19. The van der Waals surface area contributed by atoms with Crippen molar-refractivity contribution in [1.82, 2.24) is 0 Å². The smallest absolute Gasteiger partial charge is 0.316 e. The fourth-order valence-corrected chi connectivity index (χ4v) is 1.03. The molecule has 86 valence electrons. The van der Waals surface area contributed by atoms with Crippen LogP contribution in [-0.4, -0.2) is 24.6 Å². The highest BCUT2D eigenvalue weighted by Crippen LogP contribution is 2.20. The second-order valence-electron chi connectivity index (χ2n) is 4.56. The number of hydrogen-bond acceptors (Lipinski definition) is 4. The fraction of sp³-hybridized carbons (Fsp3) is 0.727. The van der Waals surface area contributed by atoms with Gasteiger partial charge in [-0.1, -0.05) is 20.8 Å². The Morgan fingerprint density at radius 3 is 1.93 bits per heavy atom. The van der Waals surface area contributed by atoms with Crippen LogP contribution in [0.25, 0.3) is 0 Å². The third kappa shape index (κ3) is 4.23. The van der Waals surface area contributed by atoms with E-state index in [0.717, 1.165) is 0 Å². The Morgan fingerprint density at radius 1 is 1.20 bits per heavy atom. The Bertz CT molecular complexity index is 273. The summed E-state index contributed by atoms with van der Waals surface area (Å²) < 4.78 is 4.48. The summed E-state index contributed by atoms with van der Waals surface area (Å²) in [5, 5.41) is 0. The molecule has 0 spiro atoms. The molecule has 0 amide bonds. The molecule has 1 atom stereocenters. The summed E-state index contributed by atoms with van der Waals surface area (Å²) >= 11 is 0. The molecule has 0 bridgehead atoms. The Labute approximate surface area is 90.0 Å². The van der Waals surface area contributed by atoms with Crippen LogP contribution in [0.2, 0.25) is 0 Å². The quantitative estimate of drug-likeness (QED) is 0.524. The number of Topliss-reactive ketones (excluding diaryl/α,β-unsaturated/α-hetero) is 2. The maximum Gasteiger partial charge on any atom is 0.316 e. The lowest BCUT2D eigenvalue weighted by molar-refractivity contribution is -0.151. The van der Waals surface area contributed by atoms with Crippen molar-refractivity contribution in [3.63, 3.8) is 0 Å². The zero-order valence-corrected chi connectivity index (χ0v) is 9.92. The molecular weight excluding hydrogens is 196 g/mol. The molecule has 0 aromatic rings. The highest BCUT2D eigenvalue weighted by molar-refractivity contribution is 6.02. The zero-order valence-electron chi connectivity index (χ0n) is 9.92. The molecule has 0 aliphatic heterocycles. The van der Waals surface area contributed by atoms with Gasteiger partial charge in [0, 0.05) is 11.8 Å². The SMILES string of the molecule is COC(=O)C(CC(=O)C(C)(C)C)C(C)=O. The monoisotopic (exact) mass is 214 g/mol. The molecule has 0 fully saturated rings. The predicted molar refractivity (Wildman–Crippen MR) is 55.3 cm³/mol. The number of methoxy groups -OCH3 is 1. The summed E-state index contributed by atoms with van der Waals surface area (Å²) in [7, 11) is 1.21. The van der Waals surface area contributed by atoms with E-state index in [2.05, 4.69) is 4.74 Å². The van der Waals surface area contributed by atoms with Gasteiger partial charge in [-0.15, -0.1) is 0 Å². The van der Waals surface area contributed by atoms with Crippen LogP contribution in [-0.2, 0) is 19.1 Å². The van der Waals surface area contributed by atoms with Gasteiger partial charge in [-0.25, -0.2) is 0 Å². The number of hydrogen-bond donors (Lipinski definition) is 0. The Hall–Kier alpha value is -1.19. The lowest BCUT2D eigenvalue weighted by atomic mass is 9.84. The number of carbonyl (C=O) groups is 3. The van der Waals surface area contributed by atoms with E-state index in [0.29, 0.717) is 0 Å². The highest BCUT2D eigenvalue weighted by Gasteiger charge is 2.31. The minimum Gasteiger partial charge on any atom is -0.468 e. The summed E-state index contributed by atoms with van der Waals surface area (Å²) in [6, 6.07) is 0. The summed E-state index contributed by atoms with van der Waals surface area (Å²) in [6.45, 7) is 6.55. The van der Waals surface area contributed by atoms with Crippen LogP contribution in [0, 0.1) is 11.3 Å². The normalized spacial score (nSPS) is 13.1. The van der Waals surface area contributed by atoms with Crippen LogP contribution in [0.3, 0.4) is 0 Å². The standard InChI is InChI=1S/C11H18O4/c1-7(12)8(10(14)15-5)6-9(13)11(2,3)4/h8H,6H2,1-5H3. The van der Waals surface area contributed by atoms with Crippen molar-refractivity contribution in [3.8, 4) is 0 Å². The average Bonchev–Trinajstić information content (AvgIpc) is 2.10. The number of esters is 1. The number of ether oxygens (including phenoxy) is 1. The van der Waals surface area contributed by atoms with Crippen molar-refractivity contribution in [2.24, 2.45) is 11.3 Å². The van der Waals surface area contributed by atoms with Gasteiger partial charge in [-0.3, -0.25) is 14.4 Å². The van der Waals surface area contributed by atoms with Crippen LogP contribution in [0.15, 0.2) is 0 Å². The van der Waals surface area contributed by atoms with E-state index in [1.165, 1.54) is 14.0 Å². The van der Waals surface area contributed by atoms with Gasteiger partial charge in [0.25, 0.3) is 0 Å². The first kappa shape index (κ1) is 13.8. The molecule has 0 heterocycles. The minimum atomic E-state index is -0.957. The highest BCUT2D eigenvalue weighted by atomic mass is 16.5. The van der Waals surface area contributed by atoms with Crippen LogP contribution >= 0.6 is 0 Å². The molecule has 15 heavy (non-hydrogen) atoms. The first-order valence-electron chi connectivity index (χ1n) is 4.81. The molecule has 0 aliphatic rings. The zero-order chi connectivity index (χ0) is 12.2. The van der Waals surface area contributed by atoms with Crippen molar-refractivity contribution in [2.75, 3.05) is 7.11 Å². The van der Waals surface area contributed by atoms with Crippen LogP contribution in [0.5, 0.6) is 0 Å². The van der Waals surface area contributed by atoms with Gasteiger partial charge in [0.2, 0.25) is 0 Å². The number of ketones is 2. The molecule has 4 nitrogen and oxygen atoms in total. The molecule has 0 radical (unpaired) electrons. The largest absolute Gasteiger partial charge is 0.468 e. The van der Waals surface area contributed by atoms with Gasteiger partial charge in [-0.2, -0.15) is 0 Å². The van der Waals surface area contributed by atoms with Crippen molar-refractivity contribution in [1.29, 1.82) is 0 Å². The van der Waals surface area contributed by atoms with Crippen molar-refractivity contribution in [3.05, 3.63) is 0 Å². The molecule has 0 rings (SSSR count). The van der Waals surface area contributed by atoms with Crippen molar-refractivity contribution < 1.29 is 19.1 Å². The van der Waals surface area contributed by atoms with E-state index in [-0.39, 0.29) is 18.0 Å². The van der Waals surface area contributed by atoms with Gasteiger partial charge < -0.3 is 4.74 Å². The van der Waals surface area contributed by atoms with Gasteiger partial charge in [0.1, 0.15) is 17.5 Å². The Balaban J connectivity index is 4.65. The summed E-state index contributed by atoms with van der Waals surface area (Å²) in [5.74, 6) is -2.05. The maximum atomic E-state index is 11.6.